The van der Waals surface area contributed by atoms with Gasteiger partial charge < -0.3 is 10.2 Å². The van der Waals surface area contributed by atoms with E-state index < -0.39 is 0 Å². The molecule has 0 saturated carbocycles. The van der Waals surface area contributed by atoms with E-state index >= 15 is 0 Å². The maximum Gasteiger partial charge on any atom is 0.222 e. The minimum Gasteiger partial charge on any atom is -0.369 e. The van der Waals surface area contributed by atoms with E-state index in [9.17, 15) is 0 Å². The van der Waals surface area contributed by atoms with Gasteiger partial charge in [0.15, 0.2) is 0 Å². The normalized spacial score (nSPS) is 15.0. The smallest absolute Gasteiger partial charge is 0.222 e. The monoisotopic (exact) mass is 282 g/mol. The standard InChI is InChI=1S/C17H22N4/c1-14-5-7-15(8-6-14)11-18-17-19-12-16(13-20-17)21-9-3-2-4-10-21/h5-8,12-13H,2-4,9-11H2,1H3,(H,18,19,20). The lowest BCUT2D eigenvalue weighted by Crippen LogP contribution is -2.29. The predicted octanol–water partition coefficient (Wildman–Crippen LogP) is 3.39. The third-order valence-corrected chi connectivity index (χ3v) is 3.93. The first kappa shape index (κ1) is 13.9. The summed E-state index contributed by atoms with van der Waals surface area (Å²) in [6.45, 7) is 5.10. The highest BCUT2D eigenvalue weighted by Gasteiger charge is 2.11. The van der Waals surface area contributed by atoms with Crippen molar-refractivity contribution < 1.29 is 0 Å². The number of piperidine rings is 1. The number of hydrogen-bond acceptors (Lipinski definition) is 4. The van der Waals surface area contributed by atoms with Crippen molar-refractivity contribution in [1.82, 2.24) is 9.97 Å². The molecule has 1 aliphatic heterocycles. The molecule has 0 unspecified atom stereocenters. The molecule has 110 valence electrons. The van der Waals surface area contributed by atoms with E-state index in [1.54, 1.807) is 0 Å². The molecule has 2 heterocycles. The van der Waals surface area contributed by atoms with Crippen molar-refractivity contribution >= 4 is 11.6 Å². The summed E-state index contributed by atoms with van der Waals surface area (Å²) in [5.74, 6) is 0.691. The Kier molecular flexibility index (Phi) is 4.34. The number of nitrogens with one attached hydrogen (secondary N) is 1. The number of aromatic nitrogens is 2. The molecule has 1 aromatic heterocycles. The van der Waals surface area contributed by atoms with Gasteiger partial charge in [0, 0.05) is 19.6 Å². The number of benzene rings is 1. The predicted molar refractivity (Wildman–Crippen MR) is 86.6 cm³/mol. The summed E-state index contributed by atoms with van der Waals surface area (Å²) in [7, 11) is 0. The van der Waals surface area contributed by atoms with Crippen LogP contribution in [0.3, 0.4) is 0 Å². The Morgan fingerprint density at radius 3 is 2.33 bits per heavy atom. The fourth-order valence-electron chi connectivity index (χ4n) is 2.61. The zero-order valence-electron chi connectivity index (χ0n) is 12.5. The van der Waals surface area contributed by atoms with Crippen LogP contribution in [0.25, 0.3) is 0 Å². The highest BCUT2D eigenvalue weighted by atomic mass is 15.2. The quantitative estimate of drug-likeness (QED) is 0.933. The van der Waals surface area contributed by atoms with E-state index in [2.05, 4.69) is 51.4 Å². The molecule has 0 radical (unpaired) electrons. The Balaban J connectivity index is 1.57. The molecule has 1 aliphatic rings. The van der Waals surface area contributed by atoms with Crippen LogP contribution in [-0.4, -0.2) is 23.1 Å². The maximum absolute atomic E-state index is 4.42. The van der Waals surface area contributed by atoms with Crippen molar-refractivity contribution in [2.24, 2.45) is 0 Å². The van der Waals surface area contributed by atoms with Crippen LogP contribution in [0.5, 0.6) is 0 Å². The Bertz CT molecular complexity index is 556. The minimum atomic E-state index is 0.691. The van der Waals surface area contributed by atoms with Gasteiger partial charge in [-0.1, -0.05) is 29.8 Å². The molecule has 0 spiro atoms. The zero-order chi connectivity index (χ0) is 14.5. The van der Waals surface area contributed by atoms with Crippen molar-refractivity contribution in [2.75, 3.05) is 23.3 Å². The number of aryl methyl sites for hydroxylation is 1. The van der Waals surface area contributed by atoms with Crippen molar-refractivity contribution in [3.8, 4) is 0 Å². The Hall–Kier alpha value is -2.10. The van der Waals surface area contributed by atoms with Gasteiger partial charge in [0.2, 0.25) is 5.95 Å². The molecule has 0 amide bonds. The van der Waals surface area contributed by atoms with Gasteiger partial charge >= 0.3 is 0 Å². The number of rotatable bonds is 4. The van der Waals surface area contributed by atoms with E-state index in [4.69, 9.17) is 0 Å². The summed E-state index contributed by atoms with van der Waals surface area (Å²) in [4.78, 5) is 11.2. The van der Waals surface area contributed by atoms with Gasteiger partial charge in [-0.2, -0.15) is 0 Å². The van der Waals surface area contributed by atoms with Crippen molar-refractivity contribution in [1.29, 1.82) is 0 Å². The number of hydrogen-bond donors (Lipinski definition) is 1. The zero-order valence-corrected chi connectivity index (χ0v) is 12.5. The first-order valence-corrected chi connectivity index (χ1v) is 7.68. The molecule has 3 rings (SSSR count). The molecule has 0 bridgehead atoms. The van der Waals surface area contributed by atoms with Crippen LogP contribution in [0.1, 0.15) is 30.4 Å². The summed E-state index contributed by atoms with van der Waals surface area (Å²) in [5.41, 5.74) is 3.65. The number of nitrogens with zero attached hydrogens (tertiary/aromatic N) is 3. The van der Waals surface area contributed by atoms with E-state index in [0.717, 1.165) is 25.3 Å². The van der Waals surface area contributed by atoms with Gasteiger partial charge in [-0.3, -0.25) is 0 Å². The summed E-state index contributed by atoms with van der Waals surface area (Å²) >= 11 is 0. The summed E-state index contributed by atoms with van der Waals surface area (Å²) in [6, 6.07) is 8.50. The molecule has 1 fully saturated rings. The van der Waals surface area contributed by atoms with Gasteiger partial charge in [0.1, 0.15) is 0 Å². The molecule has 2 aromatic rings. The molecule has 4 nitrogen and oxygen atoms in total. The lowest BCUT2D eigenvalue weighted by molar-refractivity contribution is 0.576. The first-order valence-electron chi connectivity index (χ1n) is 7.68. The highest BCUT2D eigenvalue weighted by molar-refractivity contribution is 5.44. The van der Waals surface area contributed by atoms with Gasteiger partial charge in [0.25, 0.3) is 0 Å². The van der Waals surface area contributed by atoms with Gasteiger partial charge in [-0.15, -0.1) is 0 Å². The van der Waals surface area contributed by atoms with Crippen molar-refractivity contribution in [2.45, 2.75) is 32.7 Å². The fraction of sp³-hybridized carbons (Fsp3) is 0.412. The third kappa shape index (κ3) is 3.72. The van der Waals surface area contributed by atoms with Crippen LogP contribution in [-0.2, 0) is 6.54 Å². The molecule has 1 N–H and O–H groups in total. The second-order valence-corrected chi connectivity index (χ2v) is 5.65. The fourth-order valence-corrected chi connectivity index (χ4v) is 2.61. The molecule has 21 heavy (non-hydrogen) atoms. The van der Waals surface area contributed by atoms with Crippen LogP contribution >= 0.6 is 0 Å². The summed E-state index contributed by atoms with van der Waals surface area (Å²) in [5, 5.41) is 3.27. The van der Waals surface area contributed by atoms with Gasteiger partial charge in [-0.25, -0.2) is 9.97 Å². The average molecular weight is 282 g/mol. The molecule has 0 aliphatic carbocycles. The highest BCUT2D eigenvalue weighted by Crippen LogP contribution is 2.18. The van der Waals surface area contributed by atoms with Crippen LogP contribution in [0, 0.1) is 6.92 Å². The van der Waals surface area contributed by atoms with E-state index in [1.165, 1.54) is 30.4 Å². The Morgan fingerprint density at radius 2 is 1.67 bits per heavy atom. The molecular weight excluding hydrogens is 260 g/mol. The van der Waals surface area contributed by atoms with Crippen molar-refractivity contribution in [3.63, 3.8) is 0 Å². The Morgan fingerprint density at radius 1 is 1.00 bits per heavy atom. The molecule has 0 atom stereocenters. The minimum absolute atomic E-state index is 0.691. The summed E-state index contributed by atoms with van der Waals surface area (Å²) in [6.07, 6.45) is 7.74. The SMILES string of the molecule is Cc1ccc(CNc2ncc(N3CCCCC3)cn2)cc1. The largest absolute Gasteiger partial charge is 0.369 e. The summed E-state index contributed by atoms with van der Waals surface area (Å²) < 4.78 is 0. The van der Waals surface area contributed by atoms with E-state index in [0.29, 0.717) is 5.95 Å². The number of anilines is 2. The molecule has 1 aromatic carbocycles. The molecule has 4 heteroatoms. The van der Waals surface area contributed by atoms with Crippen molar-refractivity contribution in [3.05, 3.63) is 47.8 Å². The van der Waals surface area contributed by atoms with E-state index in [-0.39, 0.29) is 0 Å². The molecule has 1 saturated heterocycles. The Labute approximate surface area is 126 Å². The first-order chi connectivity index (χ1) is 10.3. The van der Waals surface area contributed by atoms with Crippen LogP contribution < -0.4 is 10.2 Å². The van der Waals surface area contributed by atoms with Gasteiger partial charge in [-0.05, 0) is 31.7 Å². The van der Waals surface area contributed by atoms with Crippen LogP contribution in [0.15, 0.2) is 36.7 Å². The van der Waals surface area contributed by atoms with E-state index in [1.807, 2.05) is 12.4 Å². The second kappa shape index (κ2) is 6.57. The third-order valence-electron chi connectivity index (χ3n) is 3.93. The average Bonchev–Trinajstić information content (AvgIpc) is 2.56. The lowest BCUT2D eigenvalue weighted by atomic mass is 10.1. The lowest BCUT2D eigenvalue weighted by Gasteiger charge is -2.28. The van der Waals surface area contributed by atoms with Crippen LogP contribution in [0.2, 0.25) is 0 Å². The molecular formula is C17H22N4. The van der Waals surface area contributed by atoms with Gasteiger partial charge in [0.05, 0.1) is 18.1 Å². The van der Waals surface area contributed by atoms with Crippen LogP contribution in [0.4, 0.5) is 11.6 Å². The topological polar surface area (TPSA) is 41.1 Å². The second-order valence-electron chi connectivity index (χ2n) is 5.65. The maximum atomic E-state index is 4.42.